The summed E-state index contributed by atoms with van der Waals surface area (Å²) in [6, 6.07) is 4.75. The number of nitrogens with zero attached hydrogens (tertiary/aromatic N) is 2. The summed E-state index contributed by atoms with van der Waals surface area (Å²) in [6.07, 6.45) is 8.94. The van der Waals surface area contributed by atoms with E-state index in [0.717, 1.165) is 13.0 Å². The van der Waals surface area contributed by atoms with Gasteiger partial charge in [0.25, 0.3) is 0 Å². The fourth-order valence-corrected chi connectivity index (χ4v) is 3.26. The highest BCUT2D eigenvalue weighted by Gasteiger charge is 2.35. The van der Waals surface area contributed by atoms with Crippen molar-refractivity contribution in [1.29, 1.82) is 0 Å². The van der Waals surface area contributed by atoms with Gasteiger partial charge in [0.1, 0.15) is 0 Å². The van der Waals surface area contributed by atoms with E-state index in [2.05, 4.69) is 48.1 Å². The van der Waals surface area contributed by atoms with E-state index >= 15 is 0 Å². The molecule has 1 unspecified atom stereocenters. The minimum Gasteiger partial charge on any atom is -0.312 e. The van der Waals surface area contributed by atoms with Gasteiger partial charge in [0.05, 0.1) is 0 Å². The topological polar surface area (TPSA) is 28.2 Å². The van der Waals surface area contributed by atoms with Gasteiger partial charge in [-0.15, -0.1) is 0 Å². The first-order chi connectivity index (χ1) is 9.64. The zero-order valence-corrected chi connectivity index (χ0v) is 13.2. The van der Waals surface area contributed by atoms with Gasteiger partial charge in [0, 0.05) is 24.0 Å². The molecule has 1 aliphatic heterocycles. The van der Waals surface area contributed by atoms with Gasteiger partial charge in [0.15, 0.2) is 0 Å². The van der Waals surface area contributed by atoms with E-state index < -0.39 is 0 Å². The molecule has 1 N–H and O–H groups in total. The van der Waals surface area contributed by atoms with E-state index in [1.165, 1.54) is 37.9 Å². The van der Waals surface area contributed by atoms with E-state index in [4.69, 9.17) is 0 Å². The monoisotopic (exact) mass is 275 g/mol. The zero-order valence-electron chi connectivity index (χ0n) is 13.2. The van der Waals surface area contributed by atoms with Crippen LogP contribution in [0, 0.1) is 0 Å². The third-order valence-corrected chi connectivity index (χ3v) is 4.66. The second-order valence-electron chi connectivity index (χ2n) is 6.37. The van der Waals surface area contributed by atoms with Gasteiger partial charge >= 0.3 is 0 Å². The maximum atomic E-state index is 4.12. The molecule has 1 atom stereocenters. The molecule has 0 saturated carbocycles. The molecule has 0 aliphatic carbocycles. The van der Waals surface area contributed by atoms with Crippen molar-refractivity contribution in [3.63, 3.8) is 0 Å². The zero-order chi connectivity index (χ0) is 14.4. The van der Waals surface area contributed by atoms with Crippen LogP contribution in [-0.4, -0.2) is 41.1 Å². The Morgan fingerprint density at radius 3 is 2.45 bits per heavy atom. The van der Waals surface area contributed by atoms with Crippen molar-refractivity contribution < 1.29 is 0 Å². The Balaban J connectivity index is 2.09. The minimum absolute atomic E-state index is 0.194. The predicted molar refractivity (Wildman–Crippen MR) is 84.9 cm³/mol. The Morgan fingerprint density at radius 2 is 1.85 bits per heavy atom. The Hall–Kier alpha value is -0.930. The molecule has 0 radical (unpaired) electrons. The van der Waals surface area contributed by atoms with Crippen LogP contribution in [0.3, 0.4) is 0 Å². The highest BCUT2D eigenvalue weighted by molar-refractivity contribution is 5.13. The molecular weight excluding hydrogens is 246 g/mol. The molecule has 112 valence electrons. The molecule has 20 heavy (non-hydrogen) atoms. The fraction of sp³-hybridized carbons (Fsp3) is 0.706. The summed E-state index contributed by atoms with van der Waals surface area (Å²) in [7, 11) is 0. The Labute approximate surface area is 123 Å². The summed E-state index contributed by atoms with van der Waals surface area (Å²) >= 11 is 0. The van der Waals surface area contributed by atoms with Crippen LogP contribution in [0.15, 0.2) is 24.5 Å². The van der Waals surface area contributed by atoms with Crippen molar-refractivity contribution in [1.82, 2.24) is 15.2 Å². The quantitative estimate of drug-likeness (QED) is 0.865. The first-order valence-electron chi connectivity index (χ1n) is 8.02. The lowest BCUT2D eigenvalue weighted by atomic mass is 9.86. The second-order valence-corrected chi connectivity index (χ2v) is 6.37. The van der Waals surface area contributed by atoms with E-state index in [9.17, 15) is 0 Å². The smallest absolute Gasteiger partial charge is 0.0309 e. The number of likely N-dealkylation sites (N-methyl/N-ethyl adjacent to an activating group) is 1. The summed E-state index contributed by atoms with van der Waals surface area (Å²) in [6.45, 7) is 10.5. The maximum Gasteiger partial charge on any atom is 0.0309 e. The van der Waals surface area contributed by atoms with Crippen LogP contribution in [0.2, 0.25) is 0 Å². The molecule has 2 heterocycles. The molecular formula is C17H29N3. The number of hydrogen-bond donors (Lipinski definition) is 1. The van der Waals surface area contributed by atoms with Crippen LogP contribution in [-0.2, 0) is 6.42 Å². The summed E-state index contributed by atoms with van der Waals surface area (Å²) in [4.78, 5) is 6.79. The van der Waals surface area contributed by atoms with Crippen LogP contribution in [0.1, 0.15) is 45.6 Å². The van der Waals surface area contributed by atoms with E-state index in [0.29, 0.717) is 6.04 Å². The normalized spacial score (nSPS) is 18.9. The van der Waals surface area contributed by atoms with Crippen molar-refractivity contribution in [3.05, 3.63) is 30.1 Å². The first-order valence-corrected chi connectivity index (χ1v) is 8.02. The molecule has 1 fully saturated rings. The minimum atomic E-state index is 0.194. The van der Waals surface area contributed by atoms with Crippen LogP contribution in [0.25, 0.3) is 0 Å². The van der Waals surface area contributed by atoms with Crippen molar-refractivity contribution in [2.75, 3.05) is 19.6 Å². The molecule has 0 aromatic carbocycles. The third kappa shape index (κ3) is 3.80. The number of hydrogen-bond acceptors (Lipinski definition) is 3. The summed E-state index contributed by atoms with van der Waals surface area (Å²) in [5, 5.41) is 3.71. The molecule has 0 bridgehead atoms. The van der Waals surface area contributed by atoms with Crippen LogP contribution < -0.4 is 5.32 Å². The molecule has 3 heteroatoms. The van der Waals surface area contributed by atoms with Gasteiger partial charge < -0.3 is 5.32 Å². The number of aromatic nitrogens is 1. The van der Waals surface area contributed by atoms with Gasteiger partial charge in [-0.3, -0.25) is 9.88 Å². The predicted octanol–water partition coefficient (Wildman–Crippen LogP) is 2.87. The van der Waals surface area contributed by atoms with Crippen LogP contribution >= 0.6 is 0 Å². The second kappa shape index (κ2) is 7.19. The standard InChI is InChI=1S/C17H29N3/c1-4-19-16(14-15-8-10-18-11-9-15)17(2,3)20-12-6-5-7-13-20/h8-11,16,19H,4-7,12-14H2,1-3H3. The van der Waals surface area contributed by atoms with Crippen molar-refractivity contribution >= 4 is 0 Å². The van der Waals surface area contributed by atoms with Crippen LogP contribution in [0.5, 0.6) is 0 Å². The number of nitrogens with one attached hydrogen (secondary N) is 1. The SMILES string of the molecule is CCNC(Cc1ccncc1)C(C)(C)N1CCCCC1. The number of likely N-dealkylation sites (tertiary alicyclic amines) is 1. The average molecular weight is 275 g/mol. The van der Waals surface area contributed by atoms with Gasteiger partial charge in [-0.1, -0.05) is 13.3 Å². The lowest BCUT2D eigenvalue weighted by Gasteiger charge is -2.46. The largest absolute Gasteiger partial charge is 0.312 e. The lowest BCUT2D eigenvalue weighted by molar-refractivity contribution is 0.0616. The Kier molecular flexibility index (Phi) is 5.55. The number of rotatable bonds is 6. The van der Waals surface area contributed by atoms with Gasteiger partial charge in [-0.25, -0.2) is 0 Å². The highest BCUT2D eigenvalue weighted by atomic mass is 15.2. The van der Waals surface area contributed by atoms with E-state index in [1.54, 1.807) is 0 Å². The van der Waals surface area contributed by atoms with Crippen LogP contribution in [0.4, 0.5) is 0 Å². The Morgan fingerprint density at radius 1 is 1.20 bits per heavy atom. The van der Waals surface area contributed by atoms with Crippen molar-refractivity contribution in [2.24, 2.45) is 0 Å². The lowest BCUT2D eigenvalue weighted by Crippen LogP contribution is -2.59. The molecule has 0 amide bonds. The fourth-order valence-electron chi connectivity index (χ4n) is 3.26. The Bertz CT molecular complexity index is 382. The van der Waals surface area contributed by atoms with E-state index in [-0.39, 0.29) is 5.54 Å². The summed E-state index contributed by atoms with van der Waals surface area (Å²) in [5.41, 5.74) is 1.57. The van der Waals surface area contributed by atoms with Gasteiger partial charge in [0.2, 0.25) is 0 Å². The molecule has 1 saturated heterocycles. The van der Waals surface area contributed by atoms with Gasteiger partial charge in [-0.05, 0) is 70.4 Å². The molecule has 2 rings (SSSR count). The summed E-state index contributed by atoms with van der Waals surface area (Å²) in [5.74, 6) is 0. The van der Waals surface area contributed by atoms with Gasteiger partial charge in [-0.2, -0.15) is 0 Å². The maximum absolute atomic E-state index is 4.12. The number of piperidine rings is 1. The first kappa shape index (κ1) is 15.5. The molecule has 1 aromatic rings. The molecule has 1 aromatic heterocycles. The molecule has 0 spiro atoms. The number of pyridine rings is 1. The highest BCUT2D eigenvalue weighted by Crippen LogP contribution is 2.25. The van der Waals surface area contributed by atoms with E-state index in [1.807, 2.05) is 12.4 Å². The molecule has 1 aliphatic rings. The van der Waals surface area contributed by atoms with Crippen molar-refractivity contribution in [2.45, 2.75) is 58.0 Å². The van der Waals surface area contributed by atoms with Crippen molar-refractivity contribution in [3.8, 4) is 0 Å². The average Bonchev–Trinajstić information content (AvgIpc) is 2.49. The third-order valence-electron chi connectivity index (χ3n) is 4.66. The molecule has 3 nitrogen and oxygen atoms in total. The summed E-state index contributed by atoms with van der Waals surface area (Å²) < 4.78 is 0.